The second kappa shape index (κ2) is 16.9. The van der Waals surface area contributed by atoms with Gasteiger partial charge in [-0.3, -0.25) is 4.79 Å². The number of hydrogen-bond acceptors (Lipinski definition) is 7. The lowest BCUT2D eigenvalue weighted by Crippen LogP contribution is -2.29. The molecular formula is C40H50O7. The van der Waals surface area contributed by atoms with Crippen molar-refractivity contribution in [3.8, 4) is 11.5 Å². The summed E-state index contributed by atoms with van der Waals surface area (Å²) in [7, 11) is 3.31. The molecule has 47 heavy (non-hydrogen) atoms. The molecule has 7 nitrogen and oxygen atoms in total. The molecule has 1 heterocycles. The molecule has 0 radical (unpaired) electrons. The Bertz CT molecular complexity index is 1390. The number of ether oxygens (including phenoxy) is 5. The van der Waals surface area contributed by atoms with Crippen molar-refractivity contribution >= 4 is 11.8 Å². The third-order valence-corrected chi connectivity index (χ3v) is 10.1. The molecule has 3 aliphatic rings. The van der Waals surface area contributed by atoms with Crippen LogP contribution in [0.1, 0.15) is 63.5 Å². The lowest BCUT2D eigenvalue weighted by molar-refractivity contribution is -0.143. The molecule has 0 spiro atoms. The second-order valence-corrected chi connectivity index (χ2v) is 13.1. The van der Waals surface area contributed by atoms with Crippen molar-refractivity contribution in [2.45, 2.75) is 83.9 Å². The summed E-state index contributed by atoms with van der Waals surface area (Å²) in [6.45, 7) is 4.96. The molecule has 252 valence electrons. The maximum Gasteiger partial charge on any atom is 0.330 e. The van der Waals surface area contributed by atoms with Crippen molar-refractivity contribution < 1.29 is 33.3 Å². The fourth-order valence-corrected chi connectivity index (χ4v) is 7.17. The van der Waals surface area contributed by atoms with Gasteiger partial charge in [0.05, 0.1) is 39.6 Å². The van der Waals surface area contributed by atoms with Crippen LogP contribution in [0.15, 0.2) is 85.0 Å². The van der Waals surface area contributed by atoms with Gasteiger partial charge < -0.3 is 23.7 Å². The molecule has 0 aromatic heterocycles. The maximum atomic E-state index is 13.7. The minimum Gasteiger partial charge on any atom is -0.497 e. The third kappa shape index (κ3) is 9.45. The predicted octanol–water partition coefficient (Wildman–Crippen LogP) is 7.83. The Labute approximate surface area is 280 Å². The zero-order valence-electron chi connectivity index (χ0n) is 28.2. The van der Waals surface area contributed by atoms with Crippen LogP contribution in [-0.4, -0.2) is 44.3 Å². The number of allylic oxidation sites excluding steroid dienone is 5. The number of methoxy groups -OCH3 is 2. The number of benzene rings is 2. The summed E-state index contributed by atoms with van der Waals surface area (Å²) in [4.78, 5) is 26.6. The highest BCUT2D eigenvalue weighted by atomic mass is 16.5. The minimum absolute atomic E-state index is 0.0178. The number of esters is 1. The highest BCUT2D eigenvalue weighted by Crippen LogP contribution is 2.47. The second-order valence-electron chi connectivity index (χ2n) is 13.1. The molecule has 0 saturated heterocycles. The summed E-state index contributed by atoms with van der Waals surface area (Å²) < 4.78 is 29.3. The number of ketones is 1. The predicted molar refractivity (Wildman–Crippen MR) is 182 cm³/mol. The van der Waals surface area contributed by atoms with Crippen LogP contribution < -0.4 is 9.47 Å². The molecule has 4 unspecified atom stereocenters. The van der Waals surface area contributed by atoms with E-state index < -0.39 is 0 Å². The van der Waals surface area contributed by atoms with E-state index in [2.05, 4.69) is 18.2 Å². The van der Waals surface area contributed by atoms with Crippen molar-refractivity contribution in [1.29, 1.82) is 0 Å². The molecule has 0 amide bonds. The Hall–Kier alpha value is -3.68. The van der Waals surface area contributed by atoms with Crippen LogP contribution in [0.5, 0.6) is 11.5 Å². The molecule has 2 aromatic rings. The molecule has 2 aliphatic carbocycles. The van der Waals surface area contributed by atoms with Gasteiger partial charge in [0.25, 0.3) is 0 Å². The molecule has 0 N–H and O–H groups in total. The van der Waals surface area contributed by atoms with Gasteiger partial charge in [-0.05, 0) is 97.7 Å². The van der Waals surface area contributed by atoms with E-state index in [9.17, 15) is 9.59 Å². The van der Waals surface area contributed by atoms with Crippen molar-refractivity contribution in [3.63, 3.8) is 0 Å². The van der Waals surface area contributed by atoms with Gasteiger partial charge in [-0.1, -0.05) is 62.4 Å². The van der Waals surface area contributed by atoms with Gasteiger partial charge in [-0.25, -0.2) is 4.79 Å². The van der Waals surface area contributed by atoms with E-state index >= 15 is 0 Å². The van der Waals surface area contributed by atoms with Crippen LogP contribution in [0.25, 0.3) is 0 Å². The van der Waals surface area contributed by atoms with Crippen LogP contribution in [-0.2, 0) is 37.0 Å². The Balaban J connectivity index is 1.31. The Morgan fingerprint density at radius 1 is 0.766 bits per heavy atom. The zero-order chi connectivity index (χ0) is 33.2. The van der Waals surface area contributed by atoms with E-state index in [1.807, 2.05) is 68.5 Å². The van der Waals surface area contributed by atoms with Crippen molar-refractivity contribution in [3.05, 3.63) is 96.1 Å². The molecule has 8 atom stereocenters. The molecule has 5 rings (SSSR count). The number of hydrogen-bond donors (Lipinski definition) is 0. The smallest absolute Gasteiger partial charge is 0.330 e. The van der Waals surface area contributed by atoms with Gasteiger partial charge in [-0.15, -0.1) is 0 Å². The fourth-order valence-electron chi connectivity index (χ4n) is 7.17. The van der Waals surface area contributed by atoms with Crippen molar-refractivity contribution in [1.82, 2.24) is 0 Å². The first-order valence-corrected chi connectivity index (χ1v) is 17.1. The largest absolute Gasteiger partial charge is 0.497 e. The van der Waals surface area contributed by atoms with E-state index in [1.165, 1.54) is 0 Å². The van der Waals surface area contributed by atoms with Gasteiger partial charge in [-0.2, -0.15) is 0 Å². The van der Waals surface area contributed by atoms with Gasteiger partial charge in [0.15, 0.2) is 5.78 Å². The Morgan fingerprint density at radius 3 is 2.06 bits per heavy atom. The summed E-state index contributed by atoms with van der Waals surface area (Å²) in [5.74, 6) is 1.75. The summed E-state index contributed by atoms with van der Waals surface area (Å²) >= 11 is 0. The maximum absolute atomic E-state index is 13.7. The monoisotopic (exact) mass is 642 g/mol. The standard InChI is InChI=1S/C40H50O7/c1-5-32-7-6-8-39(46-26-29-11-18-34(44-4)19-12-29)27(2)38(41)21-20-36-30(15-22-40(42)47-32)13-14-31-23-35(24-37(31)36)45-25-28-9-16-33(43-3)17-10-28/h9-22,27,30-32,35-37,39H,5-8,23-26H2,1-4H3/b21-20+,22-15-/t27-,30?,31?,32-,35+,36?,37?,39-/m0/s1. The summed E-state index contributed by atoms with van der Waals surface area (Å²) in [6.07, 6.45) is 16.3. The van der Waals surface area contributed by atoms with Crippen LogP contribution >= 0.6 is 0 Å². The van der Waals surface area contributed by atoms with Gasteiger partial charge in [0.2, 0.25) is 0 Å². The zero-order valence-corrected chi connectivity index (χ0v) is 28.2. The van der Waals surface area contributed by atoms with E-state index in [1.54, 1.807) is 26.4 Å². The summed E-state index contributed by atoms with van der Waals surface area (Å²) in [5.41, 5.74) is 2.13. The summed E-state index contributed by atoms with van der Waals surface area (Å²) in [5, 5.41) is 0. The quantitative estimate of drug-likeness (QED) is 0.204. The lowest BCUT2D eigenvalue weighted by atomic mass is 9.71. The average molecular weight is 643 g/mol. The molecule has 1 fully saturated rings. The topological polar surface area (TPSA) is 80.3 Å². The lowest BCUT2D eigenvalue weighted by Gasteiger charge is -2.33. The number of cyclic esters (lactones) is 1. The number of rotatable bonds is 9. The van der Waals surface area contributed by atoms with Crippen LogP contribution in [0, 0.1) is 29.6 Å². The first kappa shape index (κ1) is 34.6. The third-order valence-electron chi connectivity index (χ3n) is 10.1. The number of carbonyl (C=O) groups excluding carboxylic acids is 2. The van der Waals surface area contributed by atoms with E-state index in [0.717, 1.165) is 54.7 Å². The van der Waals surface area contributed by atoms with Gasteiger partial charge >= 0.3 is 5.97 Å². The fraction of sp³-hybridized carbons (Fsp3) is 0.500. The highest BCUT2D eigenvalue weighted by Gasteiger charge is 2.42. The number of carbonyl (C=O) groups is 2. The van der Waals surface area contributed by atoms with Crippen molar-refractivity contribution in [2.24, 2.45) is 29.6 Å². The van der Waals surface area contributed by atoms with Gasteiger partial charge in [0, 0.05) is 17.9 Å². The Morgan fingerprint density at radius 2 is 1.43 bits per heavy atom. The van der Waals surface area contributed by atoms with Gasteiger partial charge in [0.1, 0.15) is 17.6 Å². The Kier molecular flexibility index (Phi) is 12.5. The SMILES string of the molecule is CC[C@H]1CCC[C@H](OCc2ccc(OC)cc2)[C@@H](C)C(=O)/C=C/C2C(C=CC3C[C@@H](OCc4ccc(OC)cc4)CC32)/C=C\C(=O)O1. The molecule has 1 aliphatic heterocycles. The molecule has 2 aromatic carbocycles. The van der Waals surface area contributed by atoms with Crippen LogP contribution in [0.3, 0.4) is 0 Å². The average Bonchev–Trinajstić information content (AvgIpc) is 3.53. The first-order valence-electron chi connectivity index (χ1n) is 17.1. The van der Waals surface area contributed by atoms with Crippen LogP contribution in [0.2, 0.25) is 0 Å². The minimum atomic E-state index is -0.315. The van der Waals surface area contributed by atoms with E-state index in [4.69, 9.17) is 23.7 Å². The van der Waals surface area contributed by atoms with Crippen LogP contribution in [0.4, 0.5) is 0 Å². The first-order chi connectivity index (χ1) is 22.9. The molecule has 0 bridgehead atoms. The van der Waals surface area contributed by atoms with E-state index in [0.29, 0.717) is 31.5 Å². The molecule has 7 heteroatoms. The highest BCUT2D eigenvalue weighted by molar-refractivity contribution is 5.92. The molecular weight excluding hydrogens is 592 g/mol. The van der Waals surface area contributed by atoms with Crippen molar-refractivity contribution in [2.75, 3.05) is 14.2 Å². The number of fused-ring (bicyclic) bond motifs is 3. The summed E-state index contributed by atoms with van der Waals surface area (Å²) in [6, 6.07) is 15.8. The normalized spacial score (nSPS) is 31.1. The van der Waals surface area contributed by atoms with E-state index in [-0.39, 0.29) is 47.8 Å². The molecule has 1 saturated carbocycles.